The van der Waals surface area contributed by atoms with Gasteiger partial charge in [-0.2, -0.15) is 0 Å². The van der Waals surface area contributed by atoms with Crippen molar-refractivity contribution in [3.8, 4) is 0 Å². The molecule has 0 aliphatic carbocycles. The summed E-state index contributed by atoms with van der Waals surface area (Å²) in [4.78, 5) is 3.73. The number of aromatic nitrogens is 1. The molecule has 4 nitrogen and oxygen atoms in total. The molecule has 0 saturated heterocycles. The second-order valence-electron chi connectivity index (χ2n) is 3.54. The van der Waals surface area contributed by atoms with Crippen LogP contribution in [-0.2, 0) is 10.0 Å². The van der Waals surface area contributed by atoms with Gasteiger partial charge in [0.1, 0.15) is 10.7 Å². The van der Waals surface area contributed by atoms with Gasteiger partial charge < -0.3 is 0 Å². The Morgan fingerprint density at radius 1 is 1.00 bits per heavy atom. The van der Waals surface area contributed by atoms with Gasteiger partial charge in [0.05, 0.1) is 5.02 Å². The molecule has 0 fully saturated rings. The molecule has 0 radical (unpaired) electrons. The summed E-state index contributed by atoms with van der Waals surface area (Å²) >= 11 is 17.4. The van der Waals surface area contributed by atoms with Crippen molar-refractivity contribution in [3.05, 3.63) is 51.6 Å². The molecule has 100 valence electrons. The van der Waals surface area contributed by atoms with Gasteiger partial charge in [-0.3, -0.25) is 4.72 Å². The van der Waals surface area contributed by atoms with Crippen LogP contribution in [0.25, 0.3) is 0 Å². The van der Waals surface area contributed by atoms with Crippen molar-refractivity contribution in [1.82, 2.24) is 4.98 Å². The quantitative estimate of drug-likeness (QED) is 0.925. The number of nitrogens with one attached hydrogen (secondary N) is 1. The van der Waals surface area contributed by atoms with E-state index in [1.54, 1.807) is 0 Å². The highest BCUT2D eigenvalue weighted by molar-refractivity contribution is 7.92. The predicted octanol–water partition coefficient (Wildman–Crippen LogP) is 3.84. The summed E-state index contributed by atoms with van der Waals surface area (Å²) in [6.45, 7) is 0. The summed E-state index contributed by atoms with van der Waals surface area (Å²) in [6.07, 6.45) is 1.39. The number of nitrogens with zero attached hydrogens (tertiary/aromatic N) is 1. The molecule has 0 saturated carbocycles. The summed E-state index contributed by atoms with van der Waals surface area (Å²) in [5, 5.41) is 0.702. The van der Waals surface area contributed by atoms with E-state index in [-0.39, 0.29) is 20.8 Å². The average molecular weight is 338 g/mol. The molecule has 2 aromatic rings. The summed E-state index contributed by atoms with van der Waals surface area (Å²) in [7, 11) is -3.87. The highest BCUT2D eigenvalue weighted by Crippen LogP contribution is 2.26. The van der Waals surface area contributed by atoms with E-state index in [1.165, 1.54) is 36.5 Å². The molecular weight excluding hydrogens is 331 g/mol. The van der Waals surface area contributed by atoms with Crippen LogP contribution in [0.4, 0.5) is 5.82 Å². The second-order valence-corrected chi connectivity index (χ2v) is 6.47. The third-order valence-electron chi connectivity index (χ3n) is 2.14. The summed E-state index contributed by atoms with van der Waals surface area (Å²) < 4.78 is 26.6. The normalized spacial score (nSPS) is 11.3. The summed E-state index contributed by atoms with van der Waals surface area (Å²) in [5.74, 6) is 0.101. The first-order valence-electron chi connectivity index (χ1n) is 4.98. The molecule has 8 heteroatoms. The van der Waals surface area contributed by atoms with E-state index in [0.717, 1.165) is 0 Å². The van der Waals surface area contributed by atoms with E-state index in [1.807, 2.05) is 0 Å². The summed E-state index contributed by atoms with van der Waals surface area (Å²) in [6, 6.07) is 7.09. The minimum absolute atomic E-state index is 0.0685. The van der Waals surface area contributed by atoms with E-state index in [9.17, 15) is 8.42 Å². The molecule has 0 aliphatic rings. The molecular formula is C11H7Cl3N2O2S. The van der Waals surface area contributed by atoms with E-state index in [4.69, 9.17) is 34.8 Å². The van der Waals surface area contributed by atoms with Crippen LogP contribution in [0, 0.1) is 0 Å². The van der Waals surface area contributed by atoms with Gasteiger partial charge in [-0.15, -0.1) is 0 Å². The van der Waals surface area contributed by atoms with Crippen LogP contribution in [-0.4, -0.2) is 13.4 Å². The number of halogens is 3. The number of hydrogen-bond donors (Lipinski definition) is 1. The van der Waals surface area contributed by atoms with Gasteiger partial charge in [0, 0.05) is 22.3 Å². The predicted molar refractivity (Wildman–Crippen MR) is 76.5 cm³/mol. The lowest BCUT2D eigenvalue weighted by molar-refractivity contribution is 0.601. The molecule has 0 spiro atoms. The van der Waals surface area contributed by atoms with Crippen LogP contribution in [0.15, 0.2) is 41.4 Å². The Bertz CT molecular complexity index is 720. The molecule has 19 heavy (non-hydrogen) atoms. The van der Waals surface area contributed by atoms with E-state index in [0.29, 0.717) is 5.02 Å². The number of sulfonamides is 1. The van der Waals surface area contributed by atoms with Crippen LogP contribution in [0.2, 0.25) is 15.1 Å². The van der Waals surface area contributed by atoms with Gasteiger partial charge in [-0.05, 0) is 24.3 Å². The number of hydrogen-bond acceptors (Lipinski definition) is 3. The Morgan fingerprint density at radius 2 is 1.68 bits per heavy atom. The Hall–Kier alpha value is -1.01. The first kappa shape index (κ1) is 14.4. The SMILES string of the molecule is O=S(=O)(Nc1cc(Cl)ccn1)c1cc(Cl)ccc1Cl. The first-order chi connectivity index (χ1) is 8.88. The van der Waals surface area contributed by atoms with Crippen molar-refractivity contribution in [1.29, 1.82) is 0 Å². The monoisotopic (exact) mass is 336 g/mol. The third-order valence-corrected chi connectivity index (χ3v) is 4.45. The summed E-state index contributed by atoms with van der Waals surface area (Å²) in [5.41, 5.74) is 0. The molecule has 1 heterocycles. The maximum absolute atomic E-state index is 12.1. The molecule has 0 atom stereocenters. The van der Waals surface area contributed by atoms with Crippen molar-refractivity contribution in [3.63, 3.8) is 0 Å². The van der Waals surface area contributed by atoms with Crippen molar-refractivity contribution in [2.45, 2.75) is 4.90 Å². The average Bonchev–Trinajstić information content (AvgIpc) is 2.31. The first-order valence-corrected chi connectivity index (χ1v) is 7.59. The zero-order valence-corrected chi connectivity index (χ0v) is 12.4. The molecule has 0 bridgehead atoms. The fourth-order valence-electron chi connectivity index (χ4n) is 1.34. The standard InChI is InChI=1S/C11H7Cl3N2O2S/c12-7-1-2-9(14)10(5-7)19(17,18)16-11-6-8(13)3-4-15-11/h1-6H,(H,15,16). The lowest BCUT2D eigenvalue weighted by Crippen LogP contribution is -2.14. The number of anilines is 1. The van der Waals surface area contributed by atoms with Gasteiger partial charge in [0.2, 0.25) is 0 Å². The van der Waals surface area contributed by atoms with Crippen LogP contribution in [0.5, 0.6) is 0 Å². The lowest BCUT2D eigenvalue weighted by Gasteiger charge is -2.09. The highest BCUT2D eigenvalue weighted by atomic mass is 35.5. The van der Waals surface area contributed by atoms with Crippen molar-refractivity contribution in [2.24, 2.45) is 0 Å². The largest absolute Gasteiger partial charge is 0.264 e. The van der Waals surface area contributed by atoms with Gasteiger partial charge in [-0.1, -0.05) is 34.8 Å². The van der Waals surface area contributed by atoms with Crippen LogP contribution >= 0.6 is 34.8 Å². The van der Waals surface area contributed by atoms with Gasteiger partial charge in [-0.25, -0.2) is 13.4 Å². The Balaban J connectivity index is 2.40. The minimum Gasteiger partial charge on any atom is -0.263 e. The fraction of sp³-hybridized carbons (Fsp3) is 0. The lowest BCUT2D eigenvalue weighted by atomic mass is 10.4. The Morgan fingerprint density at radius 3 is 2.37 bits per heavy atom. The van der Waals surface area contributed by atoms with Gasteiger partial charge in [0.25, 0.3) is 10.0 Å². The molecule has 0 unspecified atom stereocenters. The van der Waals surface area contributed by atoms with Gasteiger partial charge in [0.15, 0.2) is 0 Å². The van der Waals surface area contributed by atoms with Crippen molar-refractivity contribution in [2.75, 3.05) is 4.72 Å². The Kier molecular flexibility index (Phi) is 4.20. The highest BCUT2D eigenvalue weighted by Gasteiger charge is 2.19. The number of benzene rings is 1. The molecule has 1 aromatic carbocycles. The third kappa shape index (κ3) is 3.51. The van der Waals surface area contributed by atoms with E-state index >= 15 is 0 Å². The second kappa shape index (κ2) is 5.54. The number of pyridine rings is 1. The van der Waals surface area contributed by atoms with E-state index in [2.05, 4.69) is 9.71 Å². The topological polar surface area (TPSA) is 59.1 Å². The van der Waals surface area contributed by atoms with Crippen LogP contribution in [0.3, 0.4) is 0 Å². The molecule has 1 N–H and O–H groups in total. The maximum atomic E-state index is 12.1. The van der Waals surface area contributed by atoms with Crippen LogP contribution < -0.4 is 4.72 Å². The van der Waals surface area contributed by atoms with Crippen LogP contribution in [0.1, 0.15) is 0 Å². The van der Waals surface area contributed by atoms with Crippen molar-refractivity contribution < 1.29 is 8.42 Å². The molecule has 0 aliphatic heterocycles. The number of rotatable bonds is 3. The smallest absolute Gasteiger partial charge is 0.263 e. The zero-order valence-electron chi connectivity index (χ0n) is 9.27. The Labute approximate surface area is 125 Å². The van der Waals surface area contributed by atoms with Gasteiger partial charge >= 0.3 is 0 Å². The minimum atomic E-state index is -3.87. The van der Waals surface area contributed by atoms with Crippen molar-refractivity contribution >= 4 is 50.6 Å². The zero-order chi connectivity index (χ0) is 14.0. The maximum Gasteiger partial charge on any atom is 0.264 e. The van der Waals surface area contributed by atoms with E-state index < -0.39 is 10.0 Å². The molecule has 1 aromatic heterocycles. The molecule has 0 amide bonds. The fourth-order valence-corrected chi connectivity index (χ4v) is 3.26. The molecule has 2 rings (SSSR count).